The Morgan fingerprint density at radius 2 is 2.19 bits per heavy atom. The van der Waals surface area contributed by atoms with Crippen LogP contribution in [0.1, 0.15) is 39.5 Å². The second-order valence-electron chi connectivity index (χ2n) is 5.67. The Balaban J connectivity index is 2.32. The molecule has 2 heteroatoms. The minimum absolute atomic E-state index is 0.679. The van der Waals surface area contributed by atoms with E-state index < -0.39 is 0 Å². The van der Waals surface area contributed by atoms with E-state index in [9.17, 15) is 0 Å². The number of likely N-dealkylation sites (N-methyl/N-ethyl adjacent to an activating group) is 2. The monoisotopic (exact) mass is 224 g/mol. The Labute approximate surface area is 101 Å². The minimum Gasteiger partial charge on any atom is -0.374 e. The molecule has 0 unspecified atom stereocenters. The summed E-state index contributed by atoms with van der Waals surface area (Å²) in [7, 11) is 4.44. The predicted octanol–water partition coefficient (Wildman–Crippen LogP) is 2.96. The maximum atomic E-state index is 4.13. The Morgan fingerprint density at radius 3 is 2.81 bits per heavy atom. The highest BCUT2D eigenvalue weighted by Crippen LogP contribution is 2.23. The summed E-state index contributed by atoms with van der Waals surface area (Å²) in [5.41, 5.74) is 1.31. The third-order valence-corrected chi connectivity index (χ3v) is 3.66. The molecule has 0 spiro atoms. The highest BCUT2D eigenvalue weighted by molar-refractivity contribution is 4.99. The first-order valence-corrected chi connectivity index (χ1v) is 6.60. The van der Waals surface area contributed by atoms with E-state index >= 15 is 0 Å². The molecule has 0 aromatic heterocycles. The topological polar surface area (TPSA) is 6.48 Å². The molecule has 1 aliphatic rings. The number of allylic oxidation sites excluding steroid dienone is 1. The molecule has 1 fully saturated rings. The van der Waals surface area contributed by atoms with Crippen LogP contribution in [0.5, 0.6) is 0 Å². The van der Waals surface area contributed by atoms with Gasteiger partial charge in [0.15, 0.2) is 0 Å². The Kier molecular flexibility index (Phi) is 5.33. The number of likely N-dealkylation sites (tertiary alicyclic amines) is 1. The van der Waals surface area contributed by atoms with Gasteiger partial charge in [-0.05, 0) is 45.2 Å². The van der Waals surface area contributed by atoms with Crippen molar-refractivity contribution >= 4 is 0 Å². The SMILES string of the molecule is C=C1CCC[C@H](CN(C)CCC(C)C)N1C. The quantitative estimate of drug-likeness (QED) is 0.708. The second kappa shape index (κ2) is 6.29. The predicted molar refractivity (Wildman–Crippen MR) is 71.5 cm³/mol. The number of piperidine rings is 1. The van der Waals surface area contributed by atoms with Crippen molar-refractivity contribution < 1.29 is 0 Å². The third kappa shape index (κ3) is 4.17. The van der Waals surface area contributed by atoms with E-state index in [1.807, 2.05) is 0 Å². The van der Waals surface area contributed by atoms with Gasteiger partial charge in [0.25, 0.3) is 0 Å². The fourth-order valence-electron chi connectivity index (χ4n) is 2.31. The van der Waals surface area contributed by atoms with Crippen LogP contribution in [0.15, 0.2) is 12.3 Å². The molecule has 1 saturated heterocycles. The minimum atomic E-state index is 0.679. The molecule has 0 radical (unpaired) electrons. The largest absolute Gasteiger partial charge is 0.374 e. The number of rotatable bonds is 5. The van der Waals surface area contributed by atoms with Crippen LogP contribution in [0, 0.1) is 5.92 Å². The van der Waals surface area contributed by atoms with Crippen molar-refractivity contribution in [3.8, 4) is 0 Å². The maximum absolute atomic E-state index is 4.13. The zero-order valence-electron chi connectivity index (χ0n) is 11.5. The van der Waals surface area contributed by atoms with Crippen LogP contribution >= 0.6 is 0 Å². The maximum Gasteiger partial charge on any atom is 0.0410 e. The zero-order chi connectivity index (χ0) is 12.1. The Bertz CT molecular complexity index is 223. The normalized spacial score (nSPS) is 22.2. The van der Waals surface area contributed by atoms with E-state index in [1.165, 1.54) is 44.5 Å². The standard InChI is InChI=1S/C14H28N2/c1-12(2)9-10-15(4)11-14-8-6-7-13(3)16(14)5/h12,14H,3,6-11H2,1-2,4-5H3/t14-/m1/s1. The molecular weight excluding hydrogens is 196 g/mol. The van der Waals surface area contributed by atoms with Crippen LogP contribution in [0.3, 0.4) is 0 Å². The van der Waals surface area contributed by atoms with Gasteiger partial charge in [0.1, 0.15) is 0 Å². The first-order valence-electron chi connectivity index (χ1n) is 6.60. The number of nitrogens with zero attached hydrogens (tertiary/aromatic N) is 2. The molecule has 0 saturated carbocycles. The molecule has 0 aromatic carbocycles. The van der Waals surface area contributed by atoms with Gasteiger partial charge in [-0.2, -0.15) is 0 Å². The van der Waals surface area contributed by atoms with Crippen LogP contribution in [0.4, 0.5) is 0 Å². The summed E-state index contributed by atoms with van der Waals surface area (Å²) in [5.74, 6) is 0.807. The van der Waals surface area contributed by atoms with E-state index in [1.54, 1.807) is 0 Å². The summed E-state index contributed by atoms with van der Waals surface area (Å²) in [6, 6.07) is 0.679. The molecule has 1 heterocycles. The summed E-state index contributed by atoms with van der Waals surface area (Å²) in [4.78, 5) is 4.86. The van der Waals surface area contributed by atoms with E-state index in [0.717, 1.165) is 5.92 Å². The molecule has 2 nitrogen and oxygen atoms in total. The van der Waals surface area contributed by atoms with E-state index in [-0.39, 0.29) is 0 Å². The van der Waals surface area contributed by atoms with Gasteiger partial charge in [0.05, 0.1) is 0 Å². The lowest BCUT2D eigenvalue weighted by Gasteiger charge is -2.38. The third-order valence-electron chi connectivity index (χ3n) is 3.66. The van der Waals surface area contributed by atoms with Crippen LogP contribution in [-0.4, -0.2) is 43.0 Å². The van der Waals surface area contributed by atoms with Crippen molar-refractivity contribution in [1.29, 1.82) is 0 Å². The first kappa shape index (κ1) is 13.6. The zero-order valence-corrected chi connectivity index (χ0v) is 11.5. The number of hydrogen-bond acceptors (Lipinski definition) is 2. The van der Waals surface area contributed by atoms with Gasteiger partial charge in [-0.15, -0.1) is 0 Å². The summed E-state index contributed by atoms with van der Waals surface area (Å²) in [6.07, 6.45) is 5.12. The average molecular weight is 224 g/mol. The highest BCUT2D eigenvalue weighted by atomic mass is 15.2. The van der Waals surface area contributed by atoms with Crippen LogP contribution in [0.25, 0.3) is 0 Å². The van der Waals surface area contributed by atoms with Crippen molar-refractivity contribution in [2.24, 2.45) is 5.92 Å². The molecular formula is C14H28N2. The number of hydrogen-bond donors (Lipinski definition) is 0. The van der Waals surface area contributed by atoms with Crippen LogP contribution in [0.2, 0.25) is 0 Å². The molecule has 0 amide bonds. The fraction of sp³-hybridized carbons (Fsp3) is 0.857. The molecule has 0 N–H and O–H groups in total. The van der Waals surface area contributed by atoms with Crippen molar-refractivity contribution in [3.63, 3.8) is 0 Å². The summed E-state index contributed by atoms with van der Waals surface area (Å²) in [5, 5.41) is 0. The van der Waals surface area contributed by atoms with Gasteiger partial charge in [0, 0.05) is 25.3 Å². The lowest BCUT2D eigenvalue weighted by atomic mass is 10.00. The second-order valence-corrected chi connectivity index (χ2v) is 5.67. The van der Waals surface area contributed by atoms with Gasteiger partial charge < -0.3 is 9.80 Å². The lowest BCUT2D eigenvalue weighted by molar-refractivity contribution is 0.173. The molecule has 1 aliphatic heterocycles. The van der Waals surface area contributed by atoms with Gasteiger partial charge in [0.2, 0.25) is 0 Å². The molecule has 1 rings (SSSR count). The van der Waals surface area contributed by atoms with Gasteiger partial charge in [-0.25, -0.2) is 0 Å². The molecule has 1 atom stereocenters. The molecule has 94 valence electrons. The van der Waals surface area contributed by atoms with E-state index in [4.69, 9.17) is 0 Å². The molecule has 16 heavy (non-hydrogen) atoms. The average Bonchev–Trinajstić information content (AvgIpc) is 2.22. The first-order chi connectivity index (χ1) is 7.50. The lowest BCUT2D eigenvalue weighted by Crippen LogP contribution is -2.42. The fourth-order valence-corrected chi connectivity index (χ4v) is 2.31. The summed E-state index contributed by atoms with van der Waals surface area (Å²) in [6.45, 7) is 11.1. The van der Waals surface area contributed by atoms with Gasteiger partial charge >= 0.3 is 0 Å². The molecule has 0 bridgehead atoms. The Morgan fingerprint density at radius 1 is 1.50 bits per heavy atom. The summed E-state index contributed by atoms with van der Waals surface area (Å²) < 4.78 is 0. The Hall–Kier alpha value is -0.500. The molecule has 0 aliphatic carbocycles. The van der Waals surface area contributed by atoms with Crippen molar-refractivity contribution in [2.75, 3.05) is 27.2 Å². The van der Waals surface area contributed by atoms with Crippen molar-refractivity contribution in [2.45, 2.75) is 45.6 Å². The van der Waals surface area contributed by atoms with Gasteiger partial charge in [-0.3, -0.25) is 0 Å². The summed E-state index contributed by atoms with van der Waals surface area (Å²) >= 11 is 0. The van der Waals surface area contributed by atoms with E-state index in [0.29, 0.717) is 6.04 Å². The smallest absolute Gasteiger partial charge is 0.0410 e. The van der Waals surface area contributed by atoms with Crippen molar-refractivity contribution in [3.05, 3.63) is 12.3 Å². The molecule has 0 aromatic rings. The van der Waals surface area contributed by atoms with E-state index in [2.05, 4.69) is 44.3 Å². The van der Waals surface area contributed by atoms with Crippen molar-refractivity contribution in [1.82, 2.24) is 9.80 Å². The van der Waals surface area contributed by atoms with Crippen LogP contribution < -0.4 is 0 Å². The van der Waals surface area contributed by atoms with Gasteiger partial charge in [-0.1, -0.05) is 20.4 Å². The van der Waals surface area contributed by atoms with Crippen LogP contribution in [-0.2, 0) is 0 Å². The highest BCUT2D eigenvalue weighted by Gasteiger charge is 2.21.